The van der Waals surface area contributed by atoms with E-state index in [2.05, 4.69) is 17.5 Å². The summed E-state index contributed by atoms with van der Waals surface area (Å²) in [5.41, 5.74) is 0. The summed E-state index contributed by atoms with van der Waals surface area (Å²) in [6, 6.07) is 0.581. The second-order valence-corrected chi connectivity index (χ2v) is 3.39. The molecule has 0 aromatic heterocycles. The highest BCUT2D eigenvalue weighted by molar-refractivity contribution is 5.79. The van der Waals surface area contributed by atoms with Crippen molar-refractivity contribution in [2.75, 3.05) is 6.54 Å². The van der Waals surface area contributed by atoms with E-state index in [1.54, 1.807) is 0 Å². The van der Waals surface area contributed by atoms with Crippen molar-refractivity contribution in [3.8, 4) is 0 Å². The van der Waals surface area contributed by atoms with Gasteiger partial charge in [-0.05, 0) is 12.3 Å². The Balaban J connectivity index is 2.08. The molecule has 1 heterocycles. The number of carbonyl (C=O) groups excluding carboxylic acids is 1. The van der Waals surface area contributed by atoms with Gasteiger partial charge in [0.2, 0.25) is 0 Å². The van der Waals surface area contributed by atoms with Crippen LogP contribution >= 0.6 is 0 Å². The molecule has 0 spiro atoms. The minimum absolute atomic E-state index is 0.430. The maximum atomic E-state index is 11.1. The number of rotatable bonds is 0. The Morgan fingerprint density at radius 1 is 1.55 bits per heavy atom. The largest absolute Gasteiger partial charge is 0.310 e. The third kappa shape index (κ3) is 1.36. The molecule has 0 saturated heterocycles. The lowest BCUT2D eigenvalue weighted by atomic mass is 9.82. The molecule has 1 aliphatic carbocycles. The Morgan fingerprint density at radius 3 is 3.36 bits per heavy atom. The summed E-state index contributed by atoms with van der Waals surface area (Å²) in [5.74, 6) is 0.921. The lowest BCUT2D eigenvalue weighted by Crippen LogP contribution is -2.42. The Kier molecular flexibility index (Phi) is 1.78. The van der Waals surface area contributed by atoms with Gasteiger partial charge in [0.15, 0.2) is 0 Å². The van der Waals surface area contributed by atoms with Crippen molar-refractivity contribution in [1.82, 2.24) is 5.32 Å². The van der Waals surface area contributed by atoms with Crippen LogP contribution in [0.3, 0.4) is 0 Å². The van der Waals surface area contributed by atoms with Crippen molar-refractivity contribution in [2.24, 2.45) is 5.92 Å². The molecule has 1 aliphatic heterocycles. The van der Waals surface area contributed by atoms with E-state index in [-0.39, 0.29) is 0 Å². The highest BCUT2D eigenvalue weighted by Gasteiger charge is 2.28. The topological polar surface area (TPSA) is 29.1 Å². The lowest BCUT2D eigenvalue weighted by Gasteiger charge is -2.31. The number of hydrogen-bond acceptors (Lipinski definition) is 2. The highest BCUT2D eigenvalue weighted by Crippen LogP contribution is 2.24. The lowest BCUT2D eigenvalue weighted by molar-refractivity contribution is -0.121. The van der Waals surface area contributed by atoms with E-state index in [0.29, 0.717) is 17.7 Å². The van der Waals surface area contributed by atoms with Gasteiger partial charge in [0, 0.05) is 25.4 Å². The zero-order chi connectivity index (χ0) is 7.68. The first-order chi connectivity index (χ1) is 5.36. The van der Waals surface area contributed by atoms with E-state index >= 15 is 0 Å². The normalized spacial score (nSPS) is 36.9. The second-order valence-electron chi connectivity index (χ2n) is 3.39. The number of hydrogen-bond donors (Lipinski definition) is 1. The van der Waals surface area contributed by atoms with Crippen LogP contribution in [0.25, 0.3) is 0 Å². The zero-order valence-electron chi connectivity index (χ0n) is 6.55. The first-order valence-electron chi connectivity index (χ1n) is 4.28. The first-order valence-corrected chi connectivity index (χ1v) is 4.28. The molecule has 0 aromatic rings. The van der Waals surface area contributed by atoms with Gasteiger partial charge in [-0.1, -0.05) is 12.2 Å². The van der Waals surface area contributed by atoms with Crippen LogP contribution in [-0.4, -0.2) is 18.4 Å². The van der Waals surface area contributed by atoms with Crippen LogP contribution in [0.2, 0.25) is 0 Å². The van der Waals surface area contributed by atoms with E-state index in [1.165, 1.54) is 0 Å². The molecule has 0 radical (unpaired) electrons. The average molecular weight is 151 g/mol. The summed E-state index contributed by atoms with van der Waals surface area (Å²) in [6.45, 7) is 0.982. The standard InChI is InChI=1S/C9H13NO/c11-8-3-4-9-7(6-8)2-1-5-10-9/h1-2,7,9-10H,3-6H2/t7-,9-/m0/s1. The maximum Gasteiger partial charge on any atom is 0.133 e. The maximum absolute atomic E-state index is 11.1. The van der Waals surface area contributed by atoms with E-state index in [4.69, 9.17) is 0 Å². The predicted molar refractivity (Wildman–Crippen MR) is 43.3 cm³/mol. The molecule has 2 aliphatic rings. The van der Waals surface area contributed by atoms with Crippen molar-refractivity contribution in [2.45, 2.75) is 25.3 Å². The van der Waals surface area contributed by atoms with Gasteiger partial charge in [-0.3, -0.25) is 4.79 Å². The molecule has 2 nitrogen and oxygen atoms in total. The van der Waals surface area contributed by atoms with Gasteiger partial charge in [0.1, 0.15) is 5.78 Å². The Labute approximate surface area is 66.7 Å². The van der Waals surface area contributed by atoms with Crippen LogP contribution in [0.15, 0.2) is 12.2 Å². The minimum Gasteiger partial charge on any atom is -0.310 e. The average Bonchev–Trinajstić information content (AvgIpc) is 2.04. The van der Waals surface area contributed by atoms with Crippen molar-refractivity contribution in [3.05, 3.63) is 12.2 Å². The summed E-state index contributed by atoms with van der Waals surface area (Å²) in [6.07, 6.45) is 6.89. The molecule has 0 aromatic carbocycles. The Bertz CT molecular complexity index is 198. The van der Waals surface area contributed by atoms with Gasteiger partial charge in [-0.25, -0.2) is 0 Å². The monoisotopic (exact) mass is 151 g/mol. The van der Waals surface area contributed by atoms with Crippen molar-refractivity contribution < 1.29 is 4.79 Å². The van der Waals surface area contributed by atoms with E-state index in [1.807, 2.05) is 0 Å². The molecule has 2 atom stereocenters. The van der Waals surface area contributed by atoms with Gasteiger partial charge in [0.05, 0.1) is 0 Å². The number of Topliss-reactive ketones (excluding diaryl/α,β-unsaturated/α-hetero) is 1. The van der Waals surface area contributed by atoms with Crippen LogP contribution in [-0.2, 0) is 4.79 Å². The van der Waals surface area contributed by atoms with E-state index in [0.717, 1.165) is 25.8 Å². The molecular weight excluding hydrogens is 138 g/mol. The quantitative estimate of drug-likeness (QED) is 0.521. The fourth-order valence-electron chi connectivity index (χ4n) is 1.96. The predicted octanol–water partition coefficient (Wildman–Crippen LogP) is 0.884. The molecule has 1 N–H and O–H groups in total. The summed E-state index contributed by atoms with van der Waals surface area (Å²) >= 11 is 0. The van der Waals surface area contributed by atoms with Crippen molar-refractivity contribution >= 4 is 5.78 Å². The van der Waals surface area contributed by atoms with Gasteiger partial charge in [-0.2, -0.15) is 0 Å². The van der Waals surface area contributed by atoms with Gasteiger partial charge in [-0.15, -0.1) is 0 Å². The molecular formula is C9H13NO. The molecule has 0 bridgehead atoms. The first kappa shape index (κ1) is 7.04. The third-order valence-electron chi connectivity index (χ3n) is 2.60. The number of fused-ring (bicyclic) bond motifs is 1. The highest BCUT2D eigenvalue weighted by atomic mass is 16.1. The number of ketones is 1. The summed E-state index contributed by atoms with van der Waals surface area (Å²) in [7, 11) is 0. The Morgan fingerprint density at radius 2 is 2.45 bits per heavy atom. The number of nitrogens with one attached hydrogen (secondary N) is 1. The van der Waals surface area contributed by atoms with Crippen LogP contribution in [0, 0.1) is 5.92 Å². The SMILES string of the molecule is O=C1CC[C@@H]2NCC=C[C@H]2C1. The summed E-state index contributed by atoms with van der Waals surface area (Å²) < 4.78 is 0. The number of carbonyl (C=O) groups is 1. The fourth-order valence-corrected chi connectivity index (χ4v) is 1.96. The third-order valence-corrected chi connectivity index (χ3v) is 2.60. The fraction of sp³-hybridized carbons (Fsp3) is 0.667. The zero-order valence-corrected chi connectivity index (χ0v) is 6.55. The summed E-state index contributed by atoms with van der Waals surface area (Å²) in [5, 5.41) is 3.40. The van der Waals surface area contributed by atoms with Crippen LogP contribution in [0.1, 0.15) is 19.3 Å². The molecule has 1 saturated carbocycles. The minimum atomic E-state index is 0.430. The second kappa shape index (κ2) is 2.78. The Hall–Kier alpha value is -0.630. The molecule has 11 heavy (non-hydrogen) atoms. The molecule has 0 unspecified atom stereocenters. The molecule has 2 rings (SSSR count). The van der Waals surface area contributed by atoms with E-state index in [9.17, 15) is 4.79 Å². The van der Waals surface area contributed by atoms with Crippen molar-refractivity contribution in [3.63, 3.8) is 0 Å². The van der Waals surface area contributed by atoms with Crippen LogP contribution in [0.5, 0.6) is 0 Å². The van der Waals surface area contributed by atoms with Crippen LogP contribution < -0.4 is 5.32 Å². The van der Waals surface area contributed by atoms with Gasteiger partial charge in [0.25, 0.3) is 0 Å². The van der Waals surface area contributed by atoms with Crippen LogP contribution in [0.4, 0.5) is 0 Å². The molecule has 60 valence electrons. The summed E-state index contributed by atoms with van der Waals surface area (Å²) in [4.78, 5) is 11.1. The van der Waals surface area contributed by atoms with Gasteiger partial charge < -0.3 is 5.32 Å². The molecule has 0 amide bonds. The van der Waals surface area contributed by atoms with Crippen molar-refractivity contribution in [1.29, 1.82) is 0 Å². The molecule has 2 heteroatoms. The smallest absolute Gasteiger partial charge is 0.133 e. The van der Waals surface area contributed by atoms with Gasteiger partial charge >= 0.3 is 0 Å². The van der Waals surface area contributed by atoms with E-state index < -0.39 is 0 Å². The molecule has 1 fully saturated rings.